The lowest BCUT2D eigenvalue weighted by Gasteiger charge is -2.29. The average Bonchev–Trinajstić information content (AvgIpc) is 2.78. The van der Waals surface area contributed by atoms with Crippen LogP contribution < -0.4 is 5.73 Å². The first kappa shape index (κ1) is 16.3. The van der Waals surface area contributed by atoms with Crippen LogP contribution in [0, 0.1) is 18.8 Å². The molecule has 1 aliphatic carbocycles. The van der Waals surface area contributed by atoms with E-state index in [1.807, 2.05) is 0 Å². The summed E-state index contributed by atoms with van der Waals surface area (Å²) < 4.78 is 1.20. The largest absolute Gasteiger partial charge is 0.327 e. The van der Waals surface area contributed by atoms with E-state index in [9.17, 15) is 0 Å². The first-order valence-corrected chi connectivity index (χ1v) is 8.16. The normalized spacial score (nSPS) is 29.9. The van der Waals surface area contributed by atoms with E-state index in [0.29, 0.717) is 6.04 Å². The number of benzene rings is 1. The van der Waals surface area contributed by atoms with Crippen LogP contribution >= 0.6 is 28.3 Å². The molecule has 0 spiro atoms. The molecule has 1 saturated carbocycles. The third kappa shape index (κ3) is 3.38. The Morgan fingerprint density at radius 3 is 2.80 bits per heavy atom. The Morgan fingerprint density at radius 1 is 1.30 bits per heavy atom. The summed E-state index contributed by atoms with van der Waals surface area (Å²) in [6.45, 7) is 5.68. The highest BCUT2D eigenvalue weighted by molar-refractivity contribution is 9.10. The third-order valence-corrected chi connectivity index (χ3v) is 5.75. The molecule has 0 bridgehead atoms. The van der Waals surface area contributed by atoms with Crippen LogP contribution in [0.3, 0.4) is 0 Å². The summed E-state index contributed by atoms with van der Waals surface area (Å²) in [5.74, 6) is 1.59. The molecule has 3 atom stereocenters. The summed E-state index contributed by atoms with van der Waals surface area (Å²) in [5.41, 5.74) is 9.04. The van der Waals surface area contributed by atoms with E-state index in [0.717, 1.165) is 18.4 Å². The Hall–Kier alpha value is -0.0900. The van der Waals surface area contributed by atoms with Crippen LogP contribution in [-0.4, -0.2) is 24.0 Å². The first-order chi connectivity index (χ1) is 9.13. The fourth-order valence-electron chi connectivity index (χ4n) is 3.80. The summed E-state index contributed by atoms with van der Waals surface area (Å²) in [5, 5.41) is 0. The zero-order valence-corrected chi connectivity index (χ0v) is 14.4. The summed E-state index contributed by atoms with van der Waals surface area (Å²) in [7, 11) is 0. The van der Waals surface area contributed by atoms with Crippen LogP contribution in [0.4, 0.5) is 0 Å². The molecule has 0 aromatic heterocycles. The maximum absolute atomic E-state index is 6.29. The molecule has 0 radical (unpaired) electrons. The van der Waals surface area contributed by atoms with Gasteiger partial charge in [-0.25, -0.2) is 0 Å². The lowest BCUT2D eigenvalue weighted by molar-refractivity contribution is 0.259. The van der Waals surface area contributed by atoms with Gasteiger partial charge in [0.15, 0.2) is 0 Å². The Balaban J connectivity index is 0.00000147. The Kier molecular flexibility index (Phi) is 5.52. The van der Waals surface area contributed by atoms with Crippen molar-refractivity contribution in [2.75, 3.05) is 13.1 Å². The molecule has 1 heterocycles. The molecule has 2 N–H and O–H groups in total. The lowest BCUT2D eigenvalue weighted by atomic mass is 9.78. The van der Waals surface area contributed by atoms with E-state index in [4.69, 9.17) is 5.73 Å². The van der Waals surface area contributed by atoms with Gasteiger partial charge >= 0.3 is 0 Å². The van der Waals surface area contributed by atoms with Gasteiger partial charge < -0.3 is 5.73 Å². The van der Waals surface area contributed by atoms with Crippen molar-refractivity contribution in [3.05, 3.63) is 33.8 Å². The second kappa shape index (κ2) is 6.78. The number of hydrogen-bond donors (Lipinski definition) is 1. The van der Waals surface area contributed by atoms with Gasteiger partial charge in [0.2, 0.25) is 0 Å². The summed E-state index contributed by atoms with van der Waals surface area (Å²) in [6.07, 6.45) is 3.94. The van der Waals surface area contributed by atoms with Crippen LogP contribution in [0.15, 0.2) is 22.7 Å². The van der Waals surface area contributed by atoms with Crippen molar-refractivity contribution in [3.63, 3.8) is 0 Å². The number of rotatable bonds is 2. The molecule has 1 aromatic rings. The molecule has 4 heteroatoms. The van der Waals surface area contributed by atoms with Gasteiger partial charge in [0.25, 0.3) is 0 Å². The molecular weight excluding hydrogens is 336 g/mol. The van der Waals surface area contributed by atoms with Crippen LogP contribution in [0.5, 0.6) is 0 Å². The van der Waals surface area contributed by atoms with E-state index < -0.39 is 0 Å². The molecule has 112 valence electrons. The summed E-state index contributed by atoms with van der Waals surface area (Å²) in [4.78, 5) is 2.60. The average molecular weight is 360 g/mol. The molecule has 20 heavy (non-hydrogen) atoms. The second-order valence-electron chi connectivity index (χ2n) is 6.30. The molecular formula is C16H24BrClN2. The highest BCUT2D eigenvalue weighted by Gasteiger charge is 2.38. The molecule has 1 aliphatic heterocycles. The van der Waals surface area contributed by atoms with E-state index >= 15 is 0 Å². The zero-order valence-electron chi connectivity index (χ0n) is 12.0. The predicted octanol–water partition coefficient (Wildman–Crippen LogP) is 3.74. The van der Waals surface area contributed by atoms with Crippen molar-refractivity contribution in [3.8, 4) is 0 Å². The van der Waals surface area contributed by atoms with Crippen LogP contribution in [0.2, 0.25) is 0 Å². The maximum atomic E-state index is 6.29. The fraction of sp³-hybridized carbons (Fsp3) is 0.625. The van der Waals surface area contributed by atoms with Crippen molar-refractivity contribution in [2.45, 2.75) is 38.8 Å². The fourth-order valence-corrected chi connectivity index (χ4v) is 4.05. The van der Waals surface area contributed by atoms with E-state index in [-0.39, 0.29) is 12.4 Å². The van der Waals surface area contributed by atoms with Crippen LogP contribution in [0.1, 0.15) is 30.4 Å². The number of halogens is 2. The number of fused-ring (bicyclic) bond motifs is 1. The van der Waals surface area contributed by atoms with Gasteiger partial charge in [-0.1, -0.05) is 34.5 Å². The Bertz CT molecular complexity index is 466. The van der Waals surface area contributed by atoms with Crippen molar-refractivity contribution < 1.29 is 0 Å². The van der Waals surface area contributed by atoms with Gasteiger partial charge in [0.1, 0.15) is 0 Å². The topological polar surface area (TPSA) is 29.3 Å². The van der Waals surface area contributed by atoms with Gasteiger partial charge in [-0.2, -0.15) is 0 Å². The minimum atomic E-state index is 0. The van der Waals surface area contributed by atoms with Gasteiger partial charge in [-0.3, -0.25) is 4.90 Å². The van der Waals surface area contributed by atoms with E-state index in [1.165, 1.54) is 48.0 Å². The molecule has 0 amide bonds. The quantitative estimate of drug-likeness (QED) is 0.871. The molecule has 2 aliphatic rings. The Labute approximate surface area is 136 Å². The van der Waals surface area contributed by atoms with Gasteiger partial charge in [0, 0.05) is 30.1 Å². The first-order valence-electron chi connectivity index (χ1n) is 7.36. The molecule has 3 rings (SSSR count). The molecule has 2 nitrogen and oxygen atoms in total. The van der Waals surface area contributed by atoms with Gasteiger partial charge in [-0.15, -0.1) is 12.4 Å². The third-order valence-electron chi connectivity index (χ3n) is 4.86. The molecule has 1 saturated heterocycles. The zero-order chi connectivity index (χ0) is 13.4. The molecule has 2 fully saturated rings. The van der Waals surface area contributed by atoms with E-state index in [2.05, 4.69) is 46.0 Å². The standard InChI is InChI=1S/C16H23BrN2.ClH/c1-11-7-12(5-6-15(11)17)8-19-9-13-3-2-4-16(18)14(13)10-19;/h5-7,13-14,16H,2-4,8-10,18H2,1H3;1H. The minimum Gasteiger partial charge on any atom is -0.327 e. The minimum absolute atomic E-state index is 0. The Morgan fingerprint density at radius 2 is 2.10 bits per heavy atom. The maximum Gasteiger partial charge on any atom is 0.0234 e. The molecule has 3 unspecified atom stereocenters. The second-order valence-corrected chi connectivity index (χ2v) is 7.15. The van der Waals surface area contributed by atoms with Crippen molar-refractivity contribution in [2.24, 2.45) is 17.6 Å². The summed E-state index contributed by atoms with van der Waals surface area (Å²) >= 11 is 3.57. The number of likely N-dealkylation sites (tertiary alicyclic amines) is 1. The molecule has 1 aromatic carbocycles. The van der Waals surface area contributed by atoms with Crippen LogP contribution in [-0.2, 0) is 6.54 Å². The van der Waals surface area contributed by atoms with Crippen molar-refractivity contribution in [1.82, 2.24) is 4.90 Å². The van der Waals surface area contributed by atoms with Gasteiger partial charge in [0.05, 0.1) is 0 Å². The SMILES string of the molecule is Cc1cc(CN2CC3CCCC(N)C3C2)ccc1Br.Cl. The number of nitrogens with two attached hydrogens (primary N) is 1. The highest BCUT2D eigenvalue weighted by atomic mass is 79.9. The van der Waals surface area contributed by atoms with Crippen molar-refractivity contribution in [1.29, 1.82) is 0 Å². The smallest absolute Gasteiger partial charge is 0.0234 e. The lowest BCUT2D eigenvalue weighted by Crippen LogP contribution is -2.38. The highest BCUT2D eigenvalue weighted by Crippen LogP contribution is 2.36. The van der Waals surface area contributed by atoms with Crippen LogP contribution in [0.25, 0.3) is 0 Å². The summed E-state index contributed by atoms with van der Waals surface area (Å²) in [6, 6.07) is 7.14. The number of hydrogen-bond acceptors (Lipinski definition) is 2. The monoisotopic (exact) mass is 358 g/mol. The van der Waals surface area contributed by atoms with Crippen molar-refractivity contribution >= 4 is 28.3 Å². The predicted molar refractivity (Wildman–Crippen MR) is 90.2 cm³/mol. The number of nitrogens with zero attached hydrogens (tertiary/aromatic N) is 1. The number of aryl methyl sites for hydroxylation is 1. The van der Waals surface area contributed by atoms with Gasteiger partial charge in [-0.05, 0) is 48.8 Å². The van der Waals surface area contributed by atoms with E-state index in [1.54, 1.807) is 0 Å².